The molecule has 4 N–H and O–H groups in total. The Balaban J connectivity index is 2.10. The van der Waals surface area contributed by atoms with Gasteiger partial charge in [-0.2, -0.15) is 0 Å². The molecule has 1 aromatic heterocycles. The third kappa shape index (κ3) is 2.14. The summed E-state index contributed by atoms with van der Waals surface area (Å²) in [6.45, 7) is 8.71. The maximum atomic E-state index is 6.35. The quantitative estimate of drug-likeness (QED) is 0.705. The molecular weight excluding hydrogens is 200 g/mol. The summed E-state index contributed by atoms with van der Waals surface area (Å²) in [6, 6.07) is 4.10. The summed E-state index contributed by atoms with van der Waals surface area (Å²) >= 11 is 0. The predicted octanol–water partition coefficient (Wildman–Crippen LogP) is 0.698. The van der Waals surface area contributed by atoms with Gasteiger partial charge in [0.2, 0.25) is 0 Å². The lowest BCUT2D eigenvalue weighted by molar-refractivity contribution is 0.0790. The zero-order valence-electron chi connectivity index (χ0n) is 10.2. The maximum absolute atomic E-state index is 6.35. The Bertz CT molecular complexity index is 312. The smallest absolute Gasteiger partial charge is 0.0629 e. The van der Waals surface area contributed by atoms with Crippen LogP contribution in [0.4, 0.5) is 0 Å². The van der Waals surface area contributed by atoms with E-state index in [2.05, 4.69) is 35.1 Å². The number of nitrogens with zero attached hydrogens (tertiary/aromatic N) is 1. The Morgan fingerprint density at radius 1 is 1.38 bits per heavy atom. The molecule has 1 fully saturated rings. The molecule has 1 unspecified atom stereocenters. The number of rotatable bonds is 3. The summed E-state index contributed by atoms with van der Waals surface area (Å²) in [6.07, 6.45) is 1.93. The van der Waals surface area contributed by atoms with Gasteiger partial charge >= 0.3 is 0 Å². The summed E-state index contributed by atoms with van der Waals surface area (Å²) in [5.41, 5.74) is 7.46. The molecule has 0 aliphatic carbocycles. The molecular formula is C12H22N4. The first-order valence-electron chi connectivity index (χ1n) is 5.97. The van der Waals surface area contributed by atoms with E-state index in [1.165, 1.54) is 0 Å². The van der Waals surface area contributed by atoms with E-state index in [-0.39, 0.29) is 11.6 Å². The highest BCUT2D eigenvalue weighted by Gasteiger charge is 2.34. The summed E-state index contributed by atoms with van der Waals surface area (Å²) < 4.78 is 0. The minimum Gasteiger partial charge on any atom is -0.364 e. The van der Waals surface area contributed by atoms with Crippen LogP contribution in [0.5, 0.6) is 0 Å². The van der Waals surface area contributed by atoms with Crippen molar-refractivity contribution in [1.82, 2.24) is 15.2 Å². The van der Waals surface area contributed by atoms with Crippen LogP contribution in [0.25, 0.3) is 0 Å². The normalized spacial score (nSPS) is 20.9. The van der Waals surface area contributed by atoms with Crippen molar-refractivity contribution in [2.75, 3.05) is 26.2 Å². The molecule has 0 radical (unpaired) electrons. The van der Waals surface area contributed by atoms with Crippen LogP contribution in [-0.4, -0.2) is 41.6 Å². The van der Waals surface area contributed by atoms with Crippen molar-refractivity contribution in [1.29, 1.82) is 0 Å². The maximum Gasteiger partial charge on any atom is 0.0629 e. The molecule has 0 amide bonds. The fourth-order valence-electron chi connectivity index (χ4n) is 2.36. The molecule has 0 saturated carbocycles. The molecule has 0 spiro atoms. The molecule has 4 heteroatoms. The van der Waals surface area contributed by atoms with Gasteiger partial charge in [0.05, 0.1) is 6.04 Å². The Morgan fingerprint density at radius 3 is 2.62 bits per heavy atom. The van der Waals surface area contributed by atoms with Crippen molar-refractivity contribution in [3.8, 4) is 0 Å². The van der Waals surface area contributed by atoms with E-state index in [0.717, 1.165) is 31.9 Å². The Labute approximate surface area is 97.2 Å². The first-order chi connectivity index (χ1) is 7.62. The van der Waals surface area contributed by atoms with Crippen molar-refractivity contribution in [3.63, 3.8) is 0 Å². The molecule has 0 aromatic carbocycles. The van der Waals surface area contributed by atoms with E-state index in [1.54, 1.807) is 0 Å². The van der Waals surface area contributed by atoms with Gasteiger partial charge in [-0.1, -0.05) is 0 Å². The SMILES string of the molecule is CC(C)(C(N)c1ccc[nH]1)N1CCNCC1. The van der Waals surface area contributed by atoms with Gasteiger partial charge in [0.15, 0.2) is 0 Å². The van der Waals surface area contributed by atoms with Crippen LogP contribution < -0.4 is 11.1 Å². The van der Waals surface area contributed by atoms with Crippen molar-refractivity contribution in [2.24, 2.45) is 5.73 Å². The van der Waals surface area contributed by atoms with Gasteiger partial charge in [0, 0.05) is 43.6 Å². The van der Waals surface area contributed by atoms with Crippen LogP contribution in [0.3, 0.4) is 0 Å². The second-order valence-corrected chi connectivity index (χ2v) is 4.99. The van der Waals surface area contributed by atoms with Gasteiger partial charge in [-0.05, 0) is 26.0 Å². The Morgan fingerprint density at radius 2 is 2.06 bits per heavy atom. The Hall–Kier alpha value is -0.840. The molecule has 2 rings (SSSR count). The number of H-pyrrole nitrogens is 1. The summed E-state index contributed by atoms with van der Waals surface area (Å²) in [5.74, 6) is 0. The molecule has 1 aromatic rings. The van der Waals surface area contributed by atoms with Crippen molar-refractivity contribution in [3.05, 3.63) is 24.0 Å². The van der Waals surface area contributed by atoms with Crippen molar-refractivity contribution in [2.45, 2.75) is 25.4 Å². The molecule has 90 valence electrons. The molecule has 1 atom stereocenters. The van der Waals surface area contributed by atoms with E-state index in [0.29, 0.717) is 0 Å². The predicted molar refractivity (Wildman–Crippen MR) is 66.2 cm³/mol. The number of hydrogen-bond donors (Lipinski definition) is 3. The standard InChI is InChI=1S/C12H22N4/c1-12(2,16-8-6-14-7-9-16)11(13)10-4-3-5-15-10/h3-5,11,14-15H,6-9,13H2,1-2H3. The first-order valence-corrected chi connectivity index (χ1v) is 5.97. The van der Waals surface area contributed by atoms with Crippen LogP contribution in [0, 0.1) is 0 Å². The fourth-order valence-corrected chi connectivity index (χ4v) is 2.36. The van der Waals surface area contributed by atoms with E-state index >= 15 is 0 Å². The van der Waals surface area contributed by atoms with Crippen molar-refractivity contribution >= 4 is 0 Å². The highest BCUT2D eigenvalue weighted by atomic mass is 15.3. The number of hydrogen-bond acceptors (Lipinski definition) is 3. The van der Waals surface area contributed by atoms with Gasteiger partial charge in [-0.25, -0.2) is 0 Å². The van der Waals surface area contributed by atoms with Gasteiger partial charge in [0.1, 0.15) is 0 Å². The highest BCUT2D eigenvalue weighted by molar-refractivity contribution is 5.14. The average Bonchev–Trinajstić information content (AvgIpc) is 2.82. The first kappa shape index (κ1) is 11.6. The lowest BCUT2D eigenvalue weighted by Crippen LogP contribution is -2.57. The van der Waals surface area contributed by atoms with Gasteiger partial charge in [0.25, 0.3) is 0 Å². The molecule has 1 aliphatic heterocycles. The van der Waals surface area contributed by atoms with Gasteiger partial charge < -0.3 is 16.0 Å². The number of piperazine rings is 1. The van der Waals surface area contributed by atoms with Gasteiger partial charge in [-0.15, -0.1) is 0 Å². The molecule has 0 bridgehead atoms. The summed E-state index contributed by atoms with van der Waals surface area (Å²) in [5, 5.41) is 3.37. The lowest BCUT2D eigenvalue weighted by atomic mass is 9.90. The average molecular weight is 222 g/mol. The minimum absolute atomic E-state index is 0.00699. The molecule has 1 saturated heterocycles. The van der Waals surface area contributed by atoms with Crippen LogP contribution in [0.15, 0.2) is 18.3 Å². The second kappa shape index (κ2) is 4.57. The summed E-state index contributed by atoms with van der Waals surface area (Å²) in [7, 11) is 0. The fraction of sp³-hybridized carbons (Fsp3) is 0.667. The monoisotopic (exact) mass is 222 g/mol. The van der Waals surface area contributed by atoms with Crippen LogP contribution in [0.2, 0.25) is 0 Å². The number of nitrogens with two attached hydrogens (primary N) is 1. The zero-order valence-corrected chi connectivity index (χ0v) is 10.2. The van der Waals surface area contributed by atoms with Crippen LogP contribution >= 0.6 is 0 Å². The van der Waals surface area contributed by atoms with Crippen molar-refractivity contribution < 1.29 is 0 Å². The van der Waals surface area contributed by atoms with Crippen LogP contribution in [-0.2, 0) is 0 Å². The topological polar surface area (TPSA) is 57.1 Å². The lowest BCUT2D eigenvalue weighted by Gasteiger charge is -2.44. The molecule has 1 aliphatic rings. The summed E-state index contributed by atoms with van der Waals surface area (Å²) in [4.78, 5) is 5.68. The third-order valence-electron chi connectivity index (χ3n) is 3.65. The van der Waals surface area contributed by atoms with E-state index in [4.69, 9.17) is 5.73 Å². The van der Waals surface area contributed by atoms with E-state index in [9.17, 15) is 0 Å². The van der Waals surface area contributed by atoms with E-state index < -0.39 is 0 Å². The third-order valence-corrected chi connectivity index (χ3v) is 3.65. The highest BCUT2D eigenvalue weighted by Crippen LogP contribution is 2.28. The second-order valence-electron chi connectivity index (χ2n) is 4.99. The largest absolute Gasteiger partial charge is 0.364 e. The zero-order chi connectivity index (χ0) is 11.6. The number of nitrogens with one attached hydrogen (secondary N) is 2. The number of aromatic nitrogens is 1. The molecule has 4 nitrogen and oxygen atoms in total. The van der Waals surface area contributed by atoms with Gasteiger partial charge in [-0.3, -0.25) is 4.90 Å². The minimum atomic E-state index is -0.00699. The van der Waals surface area contributed by atoms with E-state index in [1.807, 2.05) is 12.3 Å². The molecule has 16 heavy (non-hydrogen) atoms. The molecule has 2 heterocycles. The number of aromatic amines is 1. The van der Waals surface area contributed by atoms with Crippen LogP contribution in [0.1, 0.15) is 25.6 Å². The Kier molecular flexibility index (Phi) is 3.33.